The number of amides is 2. The van der Waals surface area contributed by atoms with Crippen LogP contribution in [0.2, 0.25) is 5.02 Å². The number of nitrogens with one attached hydrogen (secondary N) is 2. The van der Waals surface area contributed by atoms with E-state index in [2.05, 4.69) is 31.4 Å². The van der Waals surface area contributed by atoms with Crippen LogP contribution < -0.4 is 10.6 Å². The number of fused-ring (bicyclic) bond motifs is 1. The molecule has 0 bridgehead atoms. The van der Waals surface area contributed by atoms with Crippen LogP contribution in [0.1, 0.15) is 105 Å². The molecule has 1 aromatic heterocycles. The first-order valence-corrected chi connectivity index (χ1v) is 17.8. The molecule has 8 nitrogen and oxygen atoms in total. The van der Waals surface area contributed by atoms with E-state index in [4.69, 9.17) is 26.3 Å². The molecule has 3 heterocycles. The van der Waals surface area contributed by atoms with Gasteiger partial charge in [-0.25, -0.2) is 0 Å². The number of ether oxygens (including phenoxy) is 1. The van der Waals surface area contributed by atoms with Gasteiger partial charge in [0.15, 0.2) is 0 Å². The van der Waals surface area contributed by atoms with Crippen LogP contribution in [0.15, 0.2) is 71.7 Å². The van der Waals surface area contributed by atoms with Crippen molar-refractivity contribution in [2.24, 2.45) is 10.9 Å². The van der Waals surface area contributed by atoms with Gasteiger partial charge in [-0.05, 0) is 115 Å². The molecule has 1 fully saturated rings. The number of aliphatic imine (C=N–C) groups is 1. The molecule has 1 saturated heterocycles. The Bertz CT molecular complexity index is 1950. The Balaban J connectivity index is 1.17. The van der Waals surface area contributed by atoms with Gasteiger partial charge in [0.1, 0.15) is 11.8 Å². The number of hydrogen-bond acceptors (Lipinski definition) is 6. The van der Waals surface area contributed by atoms with Gasteiger partial charge in [0, 0.05) is 65.5 Å². The fourth-order valence-electron chi connectivity index (χ4n) is 6.86. The standard InChI is InChI=1S/C41H43ClN4O4/c1-4-37-35(34(19-26-12-14-50-15-13-26)36-24-45-41(3,5-2)38(36)46-37)23-44-40(49)31-11-7-10-30(20-31)39(48)43-22-28-17-32(21-33(42)18-28)29-9-6-8-27(16-29)25-47/h6-11,16-18,20-21,24-26H,4-5,12-15,19,22-23H2,1-3H3,(H,43,48)(H,44,49). The summed E-state index contributed by atoms with van der Waals surface area (Å²) in [4.78, 5) is 48.1. The fraction of sp³-hybridized carbons (Fsp3) is 0.341. The van der Waals surface area contributed by atoms with Gasteiger partial charge in [-0.2, -0.15) is 0 Å². The maximum absolute atomic E-state index is 13.6. The predicted molar refractivity (Wildman–Crippen MR) is 197 cm³/mol. The van der Waals surface area contributed by atoms with Crippen molar-refractivity contribution >= 4 is 35.9 Å². The van der Waals surface area contributed by atoms with Crippen LogP contribution in [0, 0.1) is 5.92 Å². The number of aryl methyl sites for hydroxylation is 1. The molecule has 4 aromatic rings. The molecular formula is C41H43ClN4O4. The Morgan fingerprint density at radius 1 is 0.920 bits per heavy atom. The van der Waals surface area contributed by atoms with Crippen molar-refractivity contribution in [3.63, 3.8) is 0 Å². The minimum Gasteiger partial charge on any atom is -0.381 e. The van der Waals surface area contributed by atoms with E-state index in [1.807, 2.05) is 30.5 Å². The third-order valence-electron chi connectivity index (χ3n) is 9.96. The number of halogens is 1. The van der Waals surface area contributed by atoms with Gasteiger partial charge in [0.05, 0.1) is 5.69 Å². The smallest absolute Gasteiger partial charge is 0.251 e. The van der Waals surface area contributed by atoms with Crippen LogP contribution in [0.3, 0.4) is 0 Å². The van der Waals surface area contributed by atoms with E-state index >= 15 is 0 Å². The van der Waals surface area contributed by atoms with Gasteiger partial charge in [0.2, 0.25) is 0 Å². The Morgan fingerprint density at radius 2 is 1.64 bits per heavy atom. The number of benzene rings is 3. The van der Waals surface area contributed by atoms with Crippen LogP contribution in [0.4, 0.5) is 0 Å². The van der Waals surface area contributed by atoms with Gasteiger partial charge in [-0.3, -0.25) is 24.4 Å². The first kappa shape index (κ1) is 35.2. The number of nitrogens with zero attached hydrogens (tertiary/aromatic N) is 2. The Hall–Kier alpha value is -4.66. The normalized spacial score (nSPS) is 17.0. The zero-order chi connectivity index (χ0) is 35.3. The number of carbonyl (C=O) groups excluding carboxylic acids is 3. The lowest BCUT2D eigenvalue weighted by Gasteiger charge is -2.27. The second-order valence-corrected chi connectivity index (χ2v) is 13.8. The lowest BCUT2D eigenvalue weighted by molar-refractivity contribution is 0.0664. The number of hydrogen-bond donors (Lipinski definition) is 2. The molecule has 0 spiro atoms. The van der Waals surface area contributed by atoms with Crippen molar-refractivity contribution < 1.29 is 19.1 Å². The molecule has 9 heteroatoms. The summed E-state index contributed by atoms with van der Waals surface area (Å²) < 4.78 is 5.64. The summed E-state index contributed by atoms with van der Waals surface area (Å²) in [5, 5.41) is 6.61. The zero-order valence-electron chi connectivity index (χ0n) is 28.9. The summed E-state index contributed by atoms with van der Waals surface area (Å²) in [5.74, 6) is -0.0702. The highest BCUT2D eigenvalue weighted by Crippen LogP contribution is 2.39. The van der Waals surface area contributed by atoms with Crippen LogP contribution >= 0.6 is 11.6 Å². The van der Waals surface area contributed by atoms with Gasteiger partial charge < -0.3 is 15.4 Å². The van der Waals surface area contributed by atoms with Crippen LogP contribution in [0.25, 0.3) is 11.1 Å². The molecule has 2 aliphatic heterocycles. The van der Waals surface area contributed by atoms with E-state index in [-0.39, 0.29) is 23.9 Å². The zero-order valence-corrected chi connectivity index (χ0v) is 29.6. The average Bonchev–Trinajstić information content (AvgIpc) is 3.49. The highest BCUT2D eigenvalue weighted by Gasteiger charge is 2.35. The van der Waals surface area contributed by atoms with E-state index < -0.39 is 0 Å². The van der Waals surface area contributed by atoms with Gasteiger partial charge >= 0.3 is 0 Å². The second-order valence-electron chi connectivity index (χ2n) is 13.3. The lowest BCUT2D eigenvalue weighted by atomic mass is 9.84. The van der Waals surface area contributed by atoms with Crippen LogP contribution in [-0.4, -0.2) is 42.5 Å². The highest BCUT2D eigenvalue weighted by atomic mass is 35.5. The minimum atomic E-state index is -0.343. The van der Waals surface area contributed by atoms with E-state index in [0.717, 1.165) is 90.8 Å². The maximum Gasteiger partial charge on any atom is 0.251 e. The molecule has 0 radical (unpaired) electrons. The van der Waals surface area contributed by atoms with Crippen molar-refractivity contribution in [1.82, 2.24) is 15.6 Å². The van der Waals surface area contributed by atoms with Crippen molar-refractivity contribution in [2.75, 3.05) is 13.2 Å². The number of carbonyl (C=O) groups is 3. The van der Waals surface area contributed by atoms with E-state index in [1.54, 1.807) is 42.5 Å². The Labute approximate surface area is 298 Å². The molecular weight excluding hydrogens is 648 g/mol. The molecule has 2 N–H and O–H groups in total. The molecule has 1 atom stereocenters. The maximum atomic E-state index is 13.6. The third kappa shape index (κ3) is 7.72. The molecule has 0 saturated carbocycles. The SMILES string of the molecule is CCc1nc2c(c(CC3CCOCC3)c1CNC(=O)c1cccc(C(=O)NCc3cc(Cl)cc(-c4cccc(C=O)c4)c3)c1)C=NC2(C)CC. The van der Waals surface area contributed by atoms with Crippen molar-refractivity contribution in [3.05, 3.63) is 122 Å². The van der Waals surface area contributed by atoms with Crippen molar-refractivity contribution in [2.45, 2.75) is 71.5 Å². The first-order valence-electron chi connectivity index (χ1n) is 17.4. The van der Waals surface area contributed by atoms with Crippen LogP contribution in [0.5, 0.6) is 0 Å². The monoisotopic (exact) mass is 690 g/mol. The lowest BCUT2D eigenvalue weighted by Crippen LogP contribution is -2.28. The summed E-state index contributed by atoms with van der Waals surface area (Å²) in [7, 11) is 0. The molecule has 258 valence electrons. The fourth-order valence-corrected chi connectivity index (χ4v) is 7.12. The second kappa shape index (κ2) is 15.5. The van der Waals surface area contributed by atoms with Gasteiger partial charge in [0.25, 0.3) is 11.8 Å². The average molecular weight is 691 g/mol. The molecule has 0 aliphatic carbocycles. The molecule has 3 aromatic carbocycles. The number of aromatic nitrogens is 1. The van der Waals surface area contributed by atoms with Gasteiger partial charge in [-0.15, -0.1) is 0 Å². The van der Waals surface area contributed by atoms with E-state index in [0.29, 0.717) is 34.2 Å². The summed E-state index contributed by atoms with van der Waals surface area (Å²) >= 11 is 6.42. The summed E-state index contributed by atoms with van der Waals surface area (Å²) in [5.41, 5.74) is 8.93. The quantitative estimate of drug-likeness (QED) is 0.148. The van der Waals surface area contributed by atoms with Gasteiger partial charge in [-0.1, -0.05) is 49.7 Å². The van der Waals surface area contributed by atoms with Crippen LogP contribution in [-0.2, 0) is 36.2 Å². The topological polar surface area (TPSA) is 110 Å². The van der Waals surface area contributed by atoms with Crippen molar-refractivity contribution in [3.8, 4) is 11.1 Å². The molecule has 50 heavy (non-hydrogen) atoms. The predicted octanol–water partition coefficient (Wildman–Crippen LogP) is 7.66. The highest BCUT2D eigenvalue weighted by molar-refractivity contribution is 6.31. The minimum absolute atomic E-state index is 0.234. The summed E-state index contributed by atoms with van der Waals surface area (Å²) in [6, 6.07) is 19.6. The largest absolute Gasteiger partial charge is 0.381 e. The Kier molecular flexibility index (Phi) is 10.9. The summed E-state index contributed by atoms with van der Waals surface area (Å²) in [6.45, 7) is 8.50. The molecule has 1 unspecified atom stereocenters. The van der Waals surface area contributed by atoms with Crippen molar-refractivity contribution in [1.29, 1.82) is 0 Å². The molecule has 6 rings (SSSR count). The number of aldehydes is 1. The van der Waals surface area contributed by atoms with E-state index in [1.165, 1.54) is 5.56 Å². The number of rotatable bonds is 12. The molecule has 2 aliphatic rings. The first-order chi connectivity index (χ1) is 24.2. The third-order valence-corrected chi connectivity index (χ3v) is 10.2. The Morgan fingerprint density at radius 3 is 2.34 bits per heavy atom. The molecule has 2 amide bonds. The number of pyridine rings is 1. The van der Waals surface area contributed by atoms with E-state index in [9.17, 15) is 14.4 Å². The summed E-state index contributed by atoms with van der Waals surface area (Å²) in [6.07, 6.45) is 7.31.